The second kappa shape index (κ2) is 10.0. The molecule has 27 heavy (non-hydrogen) atoms. The molecule has 1 aromatic rings. The molecule has 5 nitrogen and oxygen atoms in total. The summed E-state index contributed by atoms with van der Waals surface area (Å²) in [5.41, 5.74) is 0.820. The SMILES string of the molecule is COCCOc1ccccc1C(=O)NC(=S)NC1CCC(C(C)(C)C)CC1. The number of benzene rings is 1. The van der Waals surface area contributed by atoms with Crippen molar-refractivity contribution in [2.75, 3.05) is 20.3 Å². The third-order valence-corrected chi connectivity index (χ3v) is 5.41. The molecule has 1 amide bonds. The molecule has 1 aromatic carbocycles. The fourth-order valence-electron chi connectivity index (χ4n) is 3.51. The zero-order valence-electron chi connectivity index (χ0n) is 16.8. The van der Waals surface area contributed by atoms with Crippen LogP contribution in [-0.2, 0) is 4.74 Å². The summed E-state index contributed by atoms with van der Waals surface area (Å²) in [6.07, 6.45) is 4.53. The Kier molecular flexibility index (Phi) is 8.05. The minimum Gasteiger partial charge on any atom is -0.490 e. The lowest BCUT2D eigenvalue weighted by atomic mass is 9.71. The fraction of sp³-hybridized carbons (Fsp3) is 0.619. The molecule has 0 radical (unpaired) electrons. The first kappa shape index (κ1) is 21.6. The van der Waals surface area contributed by atoms with E-state index in [9.17, 15) is 4.79 Å². The molecule has 0 heterocycles. The molecule has 0 spiro atoms. The minimum absolute atomic E-state index is 0.260. The second-order valence-electron chi connectivity index (χ2n) is 8.18. The Morgan fingerprint density at radius 1 is 1.15 bits per heavy atom. The lowest BCUT2D eigenvalue weighted by Crippen LogP contribution is -2.46. The zero-order chi connectivity index (χ0) is 19.9. The molecule has 2 rings (SSSR count). The van der Waals surface area contributed by atoms with Gasteiger partial charge in [0.25, 0.3) is 5.91 Å². The monoisotopic (exact) mass is 392 g/mol. The van der Waals surface area contributed by atoms with Crippen molar-refractivity contribution in [3.05, 3.63) is 29.8 Å². The summed E-state index contributed by atoms with van der Waals surface area (Å²) in [5.74, 6) is 1.01. The van der Waals surface area contributed by atoms with Crippen LogP contribution in [0, 0.1) is 11.3 Å². The third-order valence-electron chi connectivity index (χ3n) is 5.19. The topological polar surface area (TPSA) is 59.6 Å². The summed E-state index contributed by atoms with van der Waals surface area (Å²) in [5, 5.41) is 6.47. The van der Waals surface area contributed by atoms with Gasteiger partial charge >= 0.3 is 0 Å². The highest BCUT2D eigenvalue weighted by Gasteiger charge is 2.30. The van der Waals surface area contributed by atoms with Crippen molar-refractivity contribution in [3.8, 4) is 5.75 Å². The van der Waals surface area contributed by atoms with E-state index in [-0.39, 0.29) is 5.91 Å². The Morgan fingerprint density at radius 2 is 1.81 bits per heavy atom. The number of carbonyl (C=O) groups is 1. The summed E-state index contributed by atoms with van der Waals surface area (Å²) in [7, 11) is 1.61. The number of carbonyl (C=O) groups excluding carboxylic acids is 1. The van der Waals surface area contributed by atoms with Gasteiger partial charge in [-0.25, -0.2) is 0 Å². The number of rotatable bonds is 6. The number of hydrogen-bond acceptors (Lipinski definition) is 4. The standard InChI is InChI=1S/C21H32N2O3S/c1-21(2,3)15-9-11-16(12-10-15)22-20(27)23-19(24)17-7-5-6-8-18(17)26-14-13-25-4/h5-8,15-16H,9-14H2,1-4H3,(H2,22,23,24,27). The normalized spacial score (nSPS) is 20.0. The number of hydrogen-bond donors (Lipinski definition) is 2. The van der Waals surface area contributed by atoms with Gasteiger partial charge < -0.3 is 14.8 Å². The summed E-state index contributed by atoms with van der Waals surface area (Å²) in [6.45, 7) is 7.78. The lowest BCUT2D eigenvalue weighted by molar-refractivity contribution is 0.0968. The maximum atomic E-state index is 12.6. The largest absolute Gasteiger partial charge is 0.490 e. The average molecular weight is 393 g/mol. The molecule has 150 valence electrons. The van der Waals surface area contributed by atoms with Crippen LogP contribution in [0.1, 0.15) is 56.8 Å². The highest BCUT2D eigenvalue weighted by atomic mass is 32.1. The van der Waals surface area contributed by atoms with Gasteiger partial charge in [-0.1, -0.05) is 32.9 Å². The van der Waals surface area contributed by atoms with Gasteiger partial charge in [0.1, 0.15) is 12.4 Å². The van der Waals surface area contributed by atoms with Crippen molar-refractivity contribution < 1.29 is 14.3 Å². The first-order valence-electron chi connectivity index (χ1n) is 9.64. The van der Waals surface area contributed by atoms with Gasteiger partial charge in [-0.15, -0.1) is 0 Å². The molecule has 2 N–H and O–H groups in total. The molecule has 1 aliphatic carbocycles. The van der Waals surface area contributed by atoms with Crippen molar-refractivity contribution in [2.24, 2.45) is 11.3 Å². The summed E-state index contributed by atoms with van der Waals surface area (Å²) in [4.78, 5) is 12.6. The van der Waals surface area contributed by atoms with E-state index in [0.717, 1.165) is 18.8 Å². The van der Waals surface area contributed by atoms with Gasteiger partial charge in [0.15, 0.2) is 5.11 Å². The molecule has 0 unspecified atom stereocenters. The van der Waals surface area contributed by atoms with Crippen LogP contribution in [0.3, 0.4) is 0 Å². The quantitative estimate of drug-likeness (QED) is 0.568. The van der Waals surface area contributed by atoms with Crippen molar-refractivity contribution in [2.45, 2.75) is 52.5 Å². The molecule has 0 atom stereocenters. The summed E-state index contributed by atoms with van der Waals surface area (Å²) in [6, 6.07) is 7.47. The molecule has 0 aromatic heterocycles. The van der Waals surface area contributed by atoms with E-state index in [1.807, 2.05) is 12.1 Å². The minimum atomic E-state index is -0.260. The number of amides is 1. The number of para-hydroxylation sites is 1. The first-order valence-corrected chi connectivity index (χ1v) is 10.0. The van der Waals surface area contributed by atoms with Crippen LogP contribution in [0.15, 0.2) is 24.3 Å². The Hall–Kier alpha value is -1.66. The van der Waals surface area contributed by atoms with Crippen molar-refractivity contribution in [1.29, 1.82) is 0 Å². The van der Waals surface area contributed by atoms with Gasteiger partial charge in [-0.3, -0.25) is 10.1 Å². The summed E-state index contributed by atoms with van der Waals surface area (Å²) < 4.78 is 10.6. The van der Waals surface area contributed by atoms with Crippen LogP contribution in [-0.4, -0.2) is 37.4 Å². The molecule has 0 aliphatic heterocycles. The molecule has 0 bridgehead atoms. The maximum absolute atomic E-state index is 12.6. The van der Waals surface area contributed by atoms with Crippen molar-refractivity contribution >= 4 is 23.2 Å². The number of thiocarbonyl (C=S) groups is 1. The van der Waals surface area contributed by atoms with Crippen LogP contribution in [0.5, 0.6) is 5.75 Å². The van der Waals surface area contributed by atoms with Crippen LogP contribution in [0.25, 0.3) is 0 Å². The van der Waals surface area contributed by atoms with Gasteiger partial charge in [0.05, 0.1) is 12.2 Å². The lowest BCUT2D eigenvalue weighted by Gasteiger charge is -2.37. The van der Waals surface area contributed by atoms with Crippen molar-refractivity contribution in [3.63, 3.8) is 0 Å². The number of ether oxygens (including phenoxy) is 2. The molecule has 0 saturated heterocycles. The van der Waals surface area contributed by atoms with Crippen LogP contribution in [0.4, 0.5) is 0 Å². The van der Waals surface area contributed by atoms with E-state index in [2.05, 4.69) is 31.4 Å². The summed E-state index contributed by atoms with van der Waals surface area (Å²) >= 11 is 5.36. The zero-order valence-corrected chi connectivity index (χ0v) is 17.7. The van der Waals surface area contributed by atoms with Crippen LogP contribution in [0.2, 0.25) is 0 Å². The maximum Gasteiger partial charge on any atom is 0.261 e. The van der Waals surface area contributed by atoms with Crippen molar-refractivity contribution in [1.82, 2.24) is 10.6 Å². The molecular weight excluding hydrogens is 360 g/mol. The average Bonchev–Trinajstić information content (AvgIpc) is 2.62. The molecule has 1 saturated carbocycles. The van der Waals surface area contributed by atoms with E-state index in [4.69, 9.17) is 21.7 Å². The van der Waals surface area contributed by atoms with Gasteiger partial charge in [0.2, 0.25) is 0 Å². The number of methoxy groups -OCH3 is 1. The third kappa shape index (κ3) is 6.78. The Bertz CT molecular complexity index is 635. The van der Waals surface area contributed by atoms with Gasteiger partial charge in [0, 0.05) is 13.2 Å². The highest BCUT2D eigenvalue weighted by molar-refractivity contribution is 7.80. The Morgan fingerprint density at radius 3 is 2.44 bits per heavy atom. The van der Waals surface area contributed by atoms with E-state index < -0.39 is 0 Å². The van der Waals surface area contributed by atoms with E-state index >= 15 is 0 Å². The predicted octanol–water partition coefficient (Wildman–Crippen LogP) is 3.92. The molecule has 1 fully saturated rings. The van der Waals surface area contributed by atoms with Crippen LogP contribution < -0.4 is 15.4 Å². The van der Waals surface area contributed by atoms with Crippen LogP contribution >= 0.6 is 12.2 Å². The molecular formula is C21H32N2O3S. The Labute approximate surface area is 168 Å². The molecule has 6 heteroatoms. The number of nitrogens with one attached hydrogen (secondary N) is 2. The fourth-order valence-corrected chi connectivity index (χ4v) is 3.77. The van der Waals surface area contributed by atoms with E-state index in [1.165, 1.54) is 12.8 Å². The first-order chi connectivity index (χ1) is 12.8. The van der Waals surface area contributed by atoms with Gasteiger partial charge in [-0.2, -0.15) is 0 Å². The Balaban J connectivity index is 1.85. The van der Waals surface area contributed by atoms with E-state index in [1.54, 1.807) is 19.2 Å². The highest BCUT2D eigenvalue weighted by Crippen LogP contribution is 2.37. The van der Waals surface area contributed by atoms with E-state index in [0.29, 0.717) is 41.1 Å². The molecule has 1 aliphatic rings. The smallest absolute Gasteiger partial charge is 0.261 e. The van der Waals surface area contributed by atoms with Gasteiger partial charge in [-0.05, 0) is 61.4 Å². The predicted molar refractivity (Wildman–Crippen MR) is 112 cm³/mol. The second-order valence-corrected chi connectivity index (χ2v) is 8.59.